The predicted octanol–water partition coefficient (Wildman–Crippen LogP) is 3.08. The fourth-order valence-corrected chi connectivity index (χ4v) is 2.38. The Morgan fingerprint density at radius 2 is 1.77 bits per heavy atom. The standard InChI is InChI=1S/C19H19ClN2O4/c1-12-9-16(20)7-8-17(12)22-18(24)11-26-19(25)15-5-3-14(4-6-15)10-21-13(2)23/h3-9H,10-11H2,1-2H3,(H,21,23)(H,22,24). The molecule has 0 unspecified atom stereocenters. The molecule has 2 rings (SSSR count). The number of carbonyl (C=O) groups is 3. The van der Waals surface area contributed by atoms with Crippen LogP contribution in [0.15, 0.2) is 42.5 Å². The highest BCUT2D eigenvalue weighted by molar-refractivity contribution is 6.30. The first-order valence-corrected chi connectivity index (χ1v) is 8.29. The molecule has 0 saturated carbocycles. The summed E-state index contributed by atoms with van der Waals surface area (Å²) in [4.78, 5) is 34.8. The lowest BCUT2D eigenvalue weighted by molar-refractivity contribution is -0.119. The van der Waals surface area contributed by atoms with Crippen molar-refractivity contribution in [1.82, 2.24) is 5.32 Å². The van der Waals surface area contributed by atoms with E-state index in [0.717, 1.165) is 11.1 Å². The van der Waals surface area contributed by atoms with Crippen LogP contribution in [-0.4, -0.2) is 24.4 Å². The van der Waals surface area contributed by atoms with Crippen molar-refractivity contribution in [2.45, 2.75) is 20.4 Å². The molecule has 26 heavy (non-hydrogen) atoms. The van der Waals surface area contributed by atoms with E-state index in [2.05, 4.69) is 10.6 Å². The van der Waals surface area contributed by atoms with Crippen molar-refractivity contribution in [3.63, 3.8) is 0 Å². The highest BCUT2D eigenvalue weighted by Gasteiger charge is 2.11. The van der Waals surface area contributed by atoms with E-state index in [0.29, 0.717) is 22.8 Å². The third-order valence-corrected chi connectivity index (χ3v) is 3.76. The molecule has 2 amide bonds. The smallest absolute Gasteiger partial charge is 0.338 e. The van der Waals surface area contributed by atoms with Crippen LogP contribution in [0.4, 0.5) is 5.69 Å². The second kappa shape index (κ2) is 9.01. The van der Waals surface area contributed by atoms with Gasteiger partial charge in [-0.15, -0.1) is 0 Å². The number of nitrogens with one attached hydrogen (secondary N) is 2. The Balaban J connectivity index is 1.85. The molecule has 0 radical (unpaired) electrons. The molecule has 2 aromatic carbocycles. The van der Waals surface area contributed by atoms with Crippen LogP contribution < -0.4 is 10.6 Å². The Morgan fingerprint density at radius 3 is 2.38 bits per heavy atom. The molecule has 7 heteroatoms. The number of esters is 1. The van der Waals surface area contributed by atoms with Crippen molar-refractivity contribution in [1.29, 1.82) is 0 Å². The van der Waals surface area contributed by atoms with E-state index in [1.165, 1.54) is 6.92 Å². The number of carbonyl (C=O) groups excluding carboxylic acids is 3. The van der Waals surface area contributed by atoms with E-state index in [-0.39, 0.29) is 5.91 Å². The summed E-state index contributed by atoms with van der Waals surface area (Å²) >= 11 is 5.87. The minimum Gasteiger partial charge on any atom is -0.452 e. The van der Waals surface area contributed by atoms with E-state index in [1.54, 1.807) is 42.5 Å². The first kappa shape index (κ1) is 19.5. The molecule has 2 N–H and O–H groups in total. The van der Waals surface area contributed by atoms with Crippen LogP contribution in [0.2, 0.25) is 5.02 Å². The van der Waals surface area contributed by atoms with Crippen LogP contribution in [0.1, 0.15) is 28.4 Å². The summed E-state index contributed by atoms with van der Waals surface area (Å²) in [5, 5.41) is 5.91. The van der Waals surface area contributed by atoms with Gasteiger partial charge in [0.15, 0.2) is 6.61 Å². The topological polar surface area (TPSA) is 84.5 Å². The Bertz CT molecular complexity index is 819. The van der Waals surface area contributed by atoms with E-state index in [9.17, 15) is 14.4 Å². The number of rotatable bonds is 6. The zero-order valence-electron chi connectivity index (χ0n) is 14.5. The molecule has 0 saturated heterocycles. The molecule has 0 spiro atoms. The zero-order chi connectivity index (χ0) is 19.1. The first-order valence-electron chi connectivity index (χ1n) is 7.91. The van der Waals surface area contributed by atoms with Gasteiger partial charge in [-0.25, -0.2) is 4.79 Å². The summed E-state index contributed by atoms with van der Waals surface area (Å²) in [6, 6.07) is 11.7. The predicted molar refractivity (Wildman–Crippen MR) is 99.1 cm³/mol. The highest BCUT2D eigenvalue weighted by atomic mass is 35.5. The summed E-state index contributed by atoms with van der Waals surface area (Å²) in [6.45, 7) is 3.24. The average Bonchev–Trinajstić information content (AvgIpc) is 2.60. The maximum Gasteiger partial charge on any atom is 0.338 e. The average molecular weight is 375 g/mol. The number of anilines is 1. The third-order valence-electron chi connectivity index (χ3n) is 3.53. The van der Waals surface area contributed by atoms with Gasteiger partial charge in [-0.3, -0.25) is 9.59 Å². The molecule has 0 aliphatic heterocycles. The minimum atomic E-state index is -0.598. The summed E-state index contributed by atoms with van der Waals surface area (Å²) in [5.74, 6) is -1.17. The first-order chi connectivity index (χ1) is 12.3. The van der Waals surface area contributed by atoms with Gasteiger partial charge in [0.1, 0.15) is 0 Å². The van der Waals surface area contributed by atoms with Crippen molar-refractivity contribution >= 4 is 35.1 Å². The molecule has 0 heterocycles. The molecule has 6 nitrogen and oxygen atoms in total. The van der Waals surface area contributed by atoms with Gasteiger partial charge >= 0.3 is 5.97 Å². The molecule has 0 fully saturated rings. The number of halogens is 1. The van der Waals surface area contributed by atoms with Gasteiger partial charge < -0.3 is 15.4 Å². The Labute approximate surface area is 156 Å². The van der Waals surface area contributed by atoms with Gasteiger partial charge in [-0.2, -0.15) is 0 Å². The number of ether oxygens (including phenoxy) is 1. The van der Waals surface area contributed by atoms with Crippen LogP contribution in [0.3, 0.4) is 0 Å². The van der Waals surface area contributed by atoms with Gasteiger partial charge in [0.2, 0.25) is 5.91 Å². The van der Waals surface area contributed by atoms with Gasteiger partial charge in [0.25, 0.3) is 5.91 Å². The summed E-state index contributed by atoms with van der Waals surface area (Å²) < 4.78 is 5.02. The van der Waals surface area contributed by atoms with E-state index >= 15 is 0 Å². The van der Waals surface area contributed by atoms with Crippen molar-refractivity contribution in [3.05, 3.63) is 64.2 Å². The molecule has 0 aromatic heterocycles. The van der Waals surface area contributed by atoms with Crippen LogP contribution in [-0.2, 0) is 20.9 Å². The monoisotopic (exact) mass is 374 g/mol. The number of aryl methyl sites for hydroxylation is 1. The number of benzene rings is 2. The number of hydrogen-bond acceptors (Lipinski definition) is 4. The lowest BCUT2D eigenvalue weighted by Gasteiger charge is -2.09. The Hall–Kier alpha value is -2.86. The molecule has 0 bridgehead atoms. The molecule has 136 valence electrons. The quantitative estimate of drug-likeness (QED) is 0.761. The van der Waals surface area contributed by atoms with Crippen molar-refractivity contribution in [3.8, 4) is 0 Å². The van der Waals surface area contributed by atoms with Gasteiger partial charge in [-0.1, -0.05) is 23.7 Å². The Morgan fingerprint density at radius 1 is 1.08 bits per heavy atom. The normalized spacial score (nSPS) is 10.1. The van der Waals surface area contributed by atoms with Gasteiger partial charge in [0, 0.05) is 24.2 Å². The van der Waals surface area contributed by atoms with Crippen LogP contribution in [0, 0.1) is 6.92 Å². The van der Waals surface area contributed by atoms with E-state index in [4.69, 9.17) is 16.3 Å². The van der Waals surface area contributed by atoms with E-state index in [1.807, 2.05) is 6.92 Å². The maximum absolute atomic E-state index is 12.0. The molecule has 2 aromatic rings. The lowest BCUT2D eigenvalue weighted by atomic mass is 10.1. The summed E-state index contributed by atoms with van der Waals surface area (Å²) in [6.07, 6.45) is 0. The maximum atomic E-state index is 12.0. The van der Waals surface area contributed by atoms with Crippen LogP contribution in [0.25, 0.3) is 0 Å². The lowest BCUT2D eigenvalue weighted by Crippen LogP contribution is -2.21. The Kier molecular flexibility index (Phi) is 6.74. The van der Waals surface area contributed by atoms with Crippen molar-refractivity contribution in [2.75, 3.05) is 11.9 Å². The second-order valence-electron chi connectivity index (χ2n) is 5.69. The molecule has 0 aliphatic carbocycles. The molecular formula is C19H19ClN2O4. The van der Waals surface area contributed by atoms with Gasteiger partial charge in [-0.05, 0) is 48.4 Å². The van der Waals surface area contributed by atoms with Crippen molar-refractivity contribution < 1.29 is 19.1 Å². The second-order valence-corrected chi connectivity index (χ2v) is 6.13. The largest absolute Gasteiger partial charge is 0.452 e. The number of amides is 2. The van der Waals surface area contributed by atoms with Gasteiger partial charge in [0.05, 0.1) is 5.56 Å². The van der Waals surface area contributed by atoms with Crippen LogP contribution in [0.5, 0.6) is 0 Å². The SMILES string of the molecule is CC(=O)NCc1ccc(C(=O)OCC(=O)Nc2ccc(Cl)cc2C)cc1. The molecule has 0 aliphatic rings. The van der Waals surface area contributed by atoms with Crippen LogP contribution >= 0.6 is 11.6 Å². The molecule has 0 atom stereocenters. The highest BCUT2D eigenvalue weighted by Crippen LogP contribution is 2.19. The van der Waals surface area contributed by atoms with Crippen molar-refractivity contribution in [2.24, 2.45) is 0 Å². The summed E-state index contributed by atoms with van der Waals surface area (Å²) in [5.41, 5.74) is 2.60. The fraction of sp³-hybridized carbons (Fsp3) is 0.211. The molecular weight excluding hydrogens is 356 g/mol. The van der Waals surface area contributed by atoms with E-state index < -0.39 is 18.5 Å². The zero-order valence-corrected chi connectivity index (χ0v) is 15.2. The number of hydrogen-bond donors (Lipinski definition) is 2. The summed E-state index contributed by atoms with van der Waals surface area (Å²) in [7, 11) is 0. The fourth-order valence-electron chi connectivity index (χ4n) is 2.15. The third kappa shape index (κ3) is 5.89. The minimum absolute atomic E-state index is 0.129.